The van der Waals surface area contributed by atoms with Gasteiger partial charge in [0.05, 0.1) is 6.10 Å². The molecule has 1 unspecified atom stereocenters. The van der Waals surface area contributed by atoms with Crippen molar-refractivity contribution in [3.8, 4) is 0 Å². The second-order valence-corrected chi connectivity index (χ2v) is 7.59. The molecule has 1 aliphatic rings. The molecule has 4 nitrogen and oxygen atoms in total. The summed E-state index contributed by atoms with van der Waals surface area (Å²) in [5.74, 6) is 0.346. The number of fused-ring (bicyclic) bond motifs is 1. The summed E-state index contributed by atoms with van der Waals surface area (Å²) >= 11 is 0. The number of benzene rings is 2. The minimum Gasteiger partial charge on any atom is -0.392 e. The highest BCUT2D eigenvalue weighted by atomic mass is 16.3. The molecule has 1 N–H and O–H groups in total. The molecule has 140 valence electrons. The van der Waals surface area contributed by atoms with Gasteiger partial charge in [-0.3, -0.25) is 4.79 Å². The number of amides is 1. The molecule has 2 heterocycles. The van der Waals surface area contributed by atoms with Gasteiger partial charge in [0.15, 0.2) is 0 Å². The van der Waals surface area contributed by atoms with Crippen LogP contribution in [0.3, 0.4) is 0 Å². The van der Waals surface area contributed by atoms with Gasteiger partial charge in [-0.2, -0.15) is 0 Å². The predicted octanol–water partition coefficient (Wildman–Crippen LogP) is 3.63. The lowest BCUT2D eigenvalue weighted by molar-refractivity contribution is 0.0467. The van der Waals surface area contributed by atoms with Crippen molar-refractivity contribution in [3.63, 3.8) is 0 Å². The Morgan fingerprint density at radius 1 is 1.11 bits per heavy atom. The summed E-state index contributed by atoms with van der Waals surface area (Å²) in [5.41, 5.74) is 2.99. The van der Waals surface area contributed by atoms with Crippen molar-refractivity contribution in [3.05, 3.63) is 71.9 Å². The van der Waals surface area contributed by atoms with Crippen molar-refractivity contribution < 1.29 is 9.90 Å². The Hall–Kier alpha value is -2.59. The largest absolute Gasteiger partial charge is 0.392 e. The first kappa shape index (κ1) is 17.8. The summed E-state index contributed by atoms with van der Waals surface area (Å²) in [5, 5.41) is 11.7. The van der Waals surface area contributed by atoms with Crippen LogP contribution in [0.4, 0.5) is 0 Å². The third-order valence-corrected chi connectivity index (χ3v) is 5.79. The molecular formula is C23H26N2O2. The van der Waals surface area contributed by atoms with Crippen LogP contribution in [0.15, 0.2) is 60.8 Å². The number of nitrogens with zero attached hydrogens (tertiary/aromatic N) is 2. The van der Waals surface area contributed by atoms with Gasteiger partial charge in [-0.15, -0.1) is 0 Å². The van der Waals surface area contributed by atoms with E-state index in [1.165, 1.54) is 5.56 Å². The van der Waals surface area contributed by atoms with E-state index in [-0.39, 0.29) is 17.9 Å². The minimum atomic E-state index is -0.343. The zero-order valence-corrected chi connectivity index (χ0v) is 15.7. The first-order valence-electron chi connectivity index (χ1n) is 9.68. The van der Waals surface area contributed by atoms with Crippen molar-refractivity contribution >= 4 is 16.8 Å². The number of carbonyl (C=O) groups excluding carboxylic acids is 1. The first-order chi connectivity index (χ1) is 13.1. The molecule has 1 amide bonds. The minimum absolute atomic E-state index is 0.0918. The van der Waals surface area contributed by atoms with Crippen LogP contribution < -0.4 is 0 Å². The van der Waals surface area contributed by atoms with E-state index in [2.05, 4.69) is 18.2 Å². The van der Waals surface area contributed by atoms with Gasteiger partial charge in [0, 0.05) is 37.4 Å². The highest BCUT2D eigenvalue weighted by molar-refractivity contribution is 5.98. The fraction of sp³-hybridized carbons (Fsp3) is 0.348. The normalized spacial score (nSPS) is 16.6. The number of likely N-dealkylation sites (tertiary alicyclic amines) is 1. The molecule has 4 heteroatoms. The van der Waals surface area contributed by atoms with E-state index >= 15 is 0 Å². The highest BCUT2D eigenvalue weighted by Crippen LogP contribution is 2.25. The number of carbonyl (C=O) groups is 1. The predicted molar refractivity (Wildman–Crippen MR) is 108 cm³/mol. The van der Waals surface area contributed by atoms with E-state index in [0.29, 0.717) is 19.5 Å². The van der Waals surface area contributed by atoms with Gasteiger partial charge in [-0.25, -0.2) is 0 Å². The summed E-state index contributed by atoms with van der Waals surface area (Å²) in [6.45, 7) is 1.42. The van der Waals surface area contributed by atoms with E-state index in [1.54, 1.807) is 0 Å². The molecule has 27 heavy (non-hydrogen) atoms. The zero-order chi connectivity index (χ0) is 18.8. The molecule has 1 atom stereocenters. The molecule has 1 fully saturated rings. The van der Waals surface area contributed by atoms with Crippen molar-refractivity contribution in [2.75, 3.05) is 13.1 Å². The van der Waals surface area contributed by atoms with Crippen LogP contribution in [0.25, 0.3) is 10.9 Å². The third-order valence-electron chi connectivity index (χ3n) is 5.79. The monoisotopic (exact) mass is 362 g/mol. The van der Waals surface area contributed by atoms with Gasteiger partial charge in [-0.1, -0.05) is 36.4 Å². The van der Waals surface area contributed by atoms with Crippen LogP contribution in [-0.2, 0) is 13.5 Å². The molecule has 0 aliphatic carbocycles. The molecule has 0 spiro atoms. The Labute approximate surface area is 160 Å². The van der Waals surface area contributed by atoms with Crippen LogP contribution in [0.2, 0.25) is 0 Å². The molecule has 0 bridgehead atoms. The van der Waals surface area contributed by atoms with Crippen LogP contribution in [0.1, 0.15) is 28.8 Å². The Balaban J connectivity index is 1.38. The van der Waals surface area contributed by atoms with Crippen molar-refractivity contribution in [1.29, 1.82) is 0 Å². The topological polar surface area (TPSA) is 45.5 Å². The molecule has 0 radical (unpaired) electrons. The van der Waals surface area contributed by atoms with Gasteiger partial charge < -0.3 is 14.6 Å². The van der Waals surface area contributed by atoms with Crippen LogP contribution in [0, 0.1) is 5.92 Å². The maximum atomic E-state index is 12.9. The zero-order valence-electron chi connectivity index (χ0n) is 15.7. The van der Waals surface area contributed by atoms with E-state index in [0.717, 1.165) is 29.3 Å². The Bertz CT molecular complexity index is 924. The van der Waals surface area contributed by atoms with Crippen molar-refractivity contribution in [2.45, 2.75) is 25.4 Å². The molecule has 1 saturated heterocycles. The fourth-order valence-corrected chi connectivity index (χ4v) is 4.09. The molecular weight excluding hydrogens is 336 g/mol. The second kappa shape index (κ2) is 7.57. The van der Waals surface area contributed by atoms with Gasteiger partial charge in [0.1, 0.15) is 0 Å². The van der Waals surface area contributed by atoms with Crippen LogP contribution in [-0.4, -0.2) is 39.7 Å². The summed E-state index contributed by atoms with van der Waals surface area (Å²) in [6, 6.07) is 18.1. The van der Waals surface area contributed by atoms with Crippen molar-refractivity contribution in [2.24, 2.45) is 13.0 Å². The maximum absolute atomic E-state index is 12.9. The van der Waals surface area contributed by atoms with Crippen LogP contribution >= 0.6 is 0 Å². The quantitative estimate of drug-likeness (QED) is 0.770. The lowest BCUT2D eigenvalue weighted by Crippen LogP contribution is -2.41. The van der Waals surface area contributed by atoms with Crippen LogP contribution in [0.5, 0.6) is 0 Å². The van der Waals surface area contributed by atoms with E-state index < -0.39 is 0 Å². The third kappa shape index (κ3) is 3.76. The maximum Gasteiger partial charge on any atom is 0.253 e. The number of aliphatic hydroxyl groups is 1. The first-order valence-corrected chi connectivity index (χ1v) is 9.68. The summed E-state index contributed by atoms with van der Waals surface area (Å²) in [7, 11) is 2.00. The lowest BCUT2D eigenvalue weighted by atomic mass is 9.87. The fourth-order valence-electron chi connectivity index (χ4n) is 4.09. The summed E-state index contributed by atoms with van der Waals surface area (Å²) < 4.78 is 2.04. The molecule has 2 aromatic carbocycles. The van der Waals surface area contributed by atoms with E-state index in [9.17, 15) is 9.90 Å². The number of hydrogen-bond acceptors (Lipinski definition) is 2. The highest BCUT2D eigenvalue weighted by Gasteiger charge is 2.28. The van der Waals surface area contributed by atoms with Crippen molar-refractivity contribution in [1.82, 2.24) is 9.47 Å². The standard InChI is InChI=1S/C23H26N2O2/c1-24-12-9-18-7-8-20(16-21(18)24)23(27)25-13-10-19(11-14-25)22(26)15-17-5-3-2-4-6-17/h2-9,12,16,19,22,26H,10-11,13-15H2,1H3. The molecule has 3 aromatic rings. The lowest BCUT2D eigenvalue weighted by Gasteiger charge is -2.34. The van der Waals surface area contributed by atoms with E-state index in [4.69, 9.17) is 0 Å². The molecule has 4 rings (SSSR count). The number of rotatable bonds is 4. The smallest absolute Gasteiger partial charge is 0.253 e. The van der Waals surface area contributed by atoms with Gasteiger partial charge >= 0.3 is 0 Å². The van der Waals surface area contributed by atoms with E-state index in [1.807, 2.05) is 59.1 Å². The molecule has 1 aliphatic heterocycles. The summed E-state index contributed by atoms with van der Waals surface area (Å²) in [6.07, 6.45) is 4.06. The number of aliphatic hydroxyl groups excluding tert-OH is 1. The number of aromatic nitrogens is 1. The Kier molecular flexibility index (Phi) is 4.99. The Morgan fingerprint density at radius 2 is 1.85 bits per heavy atom. The molecule has 0 saturated carbocycles. The van der Waals surface area contributed by atoms with Gasteiger partial charge in [0.2, 0.25) is 0 Å². The average Bonchev–Trinajstić information content (AvgIpc) is 3.08. The van der Waals surface area contributed by atoms with Gasteiger partial charge in [-0.05, 0) is 54.3 Å². The molecule has 1 aromatic heterocycles. The SMILES string of the molecule is Cn1ccc2ccc(C(=O)N3CCC(C(O)Cc4ccccc4)CC3)cc21. The summed E-state index contributed by atoms with van der Waals surface area (Å²) in [4.78, 5) is 14.8. The second-order valence-electron chi connectivity index (χ2n) is 7.59. The Morgan fingerprint density at radius 3 is 2.59 bits per heavy atom. The average molecular weight is 362 g/mol. The number of piperidine rings is 1. The number of aryl methyl sites for hydroxylation is 1. The van der Waals surface area contributed by atoms with Gasteiger partial charge in [0.25, 0.3) is 5.91 Å². The number of hydrogen-bond donors (Lipinski definition) is 1.